The highest BCUT2D eigenvalue weighted by atomic mass is 16.5. The van der Waals surface area contributed by atoms with E-state index in [1.54, 1.807) is 0 Å². The lowest BCUT2D eigenvalue weighted by molar-refractivity contribution is -0.0251. The Morgan fingerprint density at radius 1 is 1.21 bits per heavy atom. The van der Waals surface area contributed by atoms with E-state index in [9.17, 15) is 5.11 Å². The highest BCUT2D eigenvalue weighted by Gasteiger charge is 2.21. The molecule has 0 unspecified atom stereocenters. The zero-order chi connectivity index (χ0) is 17.4. The number of benzene rings is 1. The van der Waals surface area contributed by atoms with E-state index in [1.165, 1.54) is 11.1 Å². The van der Waals surface area contributed by atoms with Crippen molar-refractivity contribution in [3.63, 3.8) is 0 Å². The Balaban J connectivity index is 1.71. The molecule has 24 heavy (non-hydrogen) atoms. The predicted molar refractivity (Wildman–Crippen MR) is 96.9 cm³/mol. The maximum atomic E-state index is 9.73. The number of likely N-dealkylation sites (tertiary alicyclic amines) is 1. The first-order valence-electron chi connectivity index (χ1n) is 9.18. The Morgan fingerprint density at radius 3 is 2.58 bits per heavy atom. The normalized spacial score (nSPS) is 17.3. The van der Waals surface area contributed by atoms with Crippen LogP contribution in [-0.4, -0.2) is 48.0 Å². The lowest BCUT2D eigenvalue weighted by Gasteiger charge is -2.32. The third-order valence-corrected chi connectivity index (χ3v) is 4.47. The van der Waals surface area contributed by atoms with E-state index in [2.05, 4.69) is 29.2 Å². The van der Waals surface area contributed by atoms with Crippen LogP contribution in [0.5, 0.6) is 0 Å². The Kier molecular flexibility index (Phi) is 7.69. The summed E-state index contributed by atoms with van der Waals surface area (Å²) in [7, 11) is 0. The summed E-state index contributed by atoms with van der Waals surface area (Å²) in [6, 6.07) is 8.70. The first kappa shape index (κ1) is 19.4. The van der Waals surface area contributed by atoms with Crippen molar-refractivity contribution < 1.29 is 14.6 Å². The van der Waals surface area contributed by atoms with Gasteiger partial charge in [-0.05, 0) is 51.2 Å². The van der Waals surface area contributed by atoms with Gasteiger partial charge in [0.2, 0.25) is 0 Å². The third-order valence-electron chi connectivity index (χ3n) is 4.47. The van der Waals surface area contributed by atoms with Gasteiger partial charge in [0.1, 0.15) is 0 Å². The van der Waals surface area contributed by atoms with Gasteiger partial charge >= 0.3 is 0 Å². The molecule has 2 rings (SSSR count). The molecule has 1 aromatic rings. The second-order valence-corrected chi connectivity index (χ2v) is 7.37. The average Bonchev–Trinajstić information content (AvgIpc) is 2.54. The third kappa shape index (κ3) is 7.31. The minimum Gasteiger partial charge on any atom is -0.390 e. The molecule has 136 valence electrons. The molecule has 0 amide bonds. The molecule has 0 saturated carbocycles. The van der Waals surface area contributed by atoms with Gasteiger partial charge in [-0.25, -0.2) is 0 Å². The van der Waals surface area contributed by atoms with E-state index >= 15 is 0 Å². The highest BCUT2D eigenvalue weighted by Crippen LogP contribution is 2.18. The molecule has 1 aliphatic heterocycles. The number of hydrogen-bond acceptors (Lipinski definition) is 4. The van der Waals surface area contributed by atoms with E-state index in [4.69, 9.17) is 9.47 Å². The summed E-state index contributed by atoms with van der Waals surface area (Å²) in [5.74, 6) is 0. The smallest absolute Gasteiger partial charge is 0.0716 e. The zero-order valence-electron chi connectivity index (χ0n) is 15.5. The largest absolute Gasteiger partial charge is 0.390 e. The van der Waals surface area contributed by atoms with Crippen molar-refractivity contribution in [1.29, 1.82) is 0 Å². The molecule has 1 aromatic carbocycles. The highest BCUT2D eigenvalue weighted by molar-refractivity contribution is 5.23. The van der Waals surface area contributed by atoms with Crippen molar-refractivity contribution >= 4 is 0 Å². The molecule has 4 heteroatoms. The van der Waals surface area contributed by atoms with Crippen molar-refractivity contribution in [1.82, 2.24) is 4.90 Å². The maximum absolute atomic E-state index is 9.73. The lowest BCUT2D eigenvalue weighted by atomic mass is 10.0. The van der Waals surface area contributed by atoms with Gasteiger partial charge < -0.3 is 14.6 Å². The van der Waals surface area contributed by atoms with Crippen molar-refractivity contribution in [2.24, 2.45) is 0 Å². The summed E-state index contributed by atoms with van der Waals surface area (Å²) in [4.78, 5) is 2.50. The van der Waals surface area contributed by atoms with Crippen molar-refractivity contribution in [3.05, 3.63) is 35.4 Å². The molecule has 0 aromatic heterocycles. The molecular weight excluding hydrogens is 302 g/mol. The monoisotopic (exact) mass is 335 g/mol. The maximum Gasteiger partial charge on any atom is 0.0716 e. The Labute approximate surface area is 146 Å². The van der Waals surface area contributed by atoms with E-state index in [0.717, 1.165) is 39.1 Å². The summed E-state index contributed by atoms with van der Waals surface area (Å²) in [5.41, 5.74) is 1.97. The fraction of sp³-hybridized carbons (Fsp3) is 0.700. The van der Waals surface area contributed by atoms with Gasteiger partial charge in [0.15, 0.2) is 0 Å². The summed E-state index contributed by atoms with van der Waals surface area (Å²) in [6.45, 7) is 10.9. The molecule has 0 bridgehead atoms. The van der Waals surface area contributed by atoms with E-state index in [-0.39, 0.29) is 0 Å². The minimum absolute atomic E-state index is 0.341. The fourth-order valence-corrected chi connectivity index (χ4v) is 3.01. The molecule has 1 N–H and O–H groups in total. The number of piperidine rings is 1. The van der Waals surface area contributed by atoms with Crippen molar-refractivity contribution in [2.75, 3.05) is 26.3 Å². The van der Waals surface area contributed by atoms with E-state index in [0.29, 0.717) is 25.7 Å². The molecule has 1 aliphatic rings. The molecule has 1 heterocycles. The molecule has 0 aliphatic carbocycles. The van der Waals surface area contributed by atoms with Gasteiger partial charge in [-0.1, -0.05) is 24.3 Å². The van der Waals surface area contributed by atoms with Gasteiger partial charge in [-0.15, -0.1) is 0 Å². The van der Waals surface area contributed by atoms with Crippen LogP contribution in [0.2, 0.25) is 0 Å². The zero-order valence-corrected chi connectivity index (χ0v) is 15.5. The molecule has 0 atom stereocenters. The molecule has 1 fully saturated rings. The second kappa shape index (κ2) is 9.52. The summed E-state index contributed by atoms with van der Waals surface area (Å²) < 4.78 is 11.4. The van der Waals surface area contributed by atoms with Crippen LogP contribution in [0, 0.1) is 0 Å². The Morgan fingerprint density at radius 2 is 1.92 bits per heavy atom. The number of aliphatic hydroxyl groups is 1. The van der Waals surface area contributed by atoms with Gasteiger partial charge in [-0.3, -0.25) is 4.90 Å². The fourth-order valence-electron chi connectivity index (χ4n) is 3.01. The summed E-state index contributed by atoms with van der Waals surface area (Å²) in [6.07, 6.45) is 3.18. The molecule has 1 saturated heterocycles. The van der Waals surface area contributed by atoms with Crippen LogP contribution in [0.3, 0.4) is 0 Å². The van der Waals surface area contributed by atoms with Crippen LogP contribution >= 0.6 is 0 Å². The van der Waals surface area contributed by atoms with Crippen LogP contribution < -0.4 is 0 Å². The number of hydrogen-bond donors (Lipinski definition) is 1. The second-order valence-electron chi connectivity index (χ2n) is 7.37. The molecule has 0 spiro atoms. The molecular formula is C20H33NO3. The number of rotatable bonds is 9. The minimum atomic E-state index is -0.632. The van der Waals surface area contributed by atoms with Crippen LogP contribution in [0.15, 0.2) is 24.3 Å². The summed E-state index contributed by atoms with van der Waals surface area (Å²) in [5, 5.41) is 9.73. The quantitative estimate of drug-likeness (QED) is 0.751. The molecule has 4 nitrogen and oxygen atoms in total. The van der Waals surface area contributed by atoms with Crippen LogP contribution in [0.4, 0.5) is 0 Å². The first-order chi connectivity index (χ1) is 11.5. The van der Waals surface area contributed by atoms with E-state index in [1.807, 2.05) is 20.8 Å². The van der Waals surface area contributed by atoms with Crippen LogP contribution in [0.25, 0.3) is 0 Å². The van der Waals surface area contributed by atoms with Gasteiger partial charge in [0, 0.05) is 32.8 Å². The Hall–Kier alpha value is -0.940. The van der Waals surface area contributed by atoms with Gasteiger partial charge in [0.05, 0.1) is 18.3 Å². The van der Waals surface area contributed by atoms with Crippen LogP contribution in [-0.2, 0) is 22.6 Å². The molecule has 0 radical (unpaired) electrons. The topological polar surface area (TPSA) is 41.9 Å². The van der Waals surface area contributed by atoms with Crippen LogP contribution in [0.1, 0.15) is 51.2 Å². The van der Waals surface area contributed by atoms with Crippen molar-refractivity contribution in [2.45, 2.75) is 64.9 Å². The predicted octanol–water partition coefficient (Wildman–Crippen LogP) is 3.37. The SMILES string of the molecule is CCOCc1cccc(CN2CCC(OCCC(C)(C)O)CC2)c1. The average molecular weight is 335 g/mol. The number of nitrogens with zero attached hydrogens (tertiary/aromatic N) is 1. The number of ether oxygens (including phenoxy) is 2. The summed E-state index contributed by atoms with van der Waals surface area (Å²) >= 11 is 0. The first-order valence-corrected chi connectivity index (χ1v) is 9.18. The Bertz CT molecular complexity index is 476. The van der Waals surface area contributed by atoms with E-state index < -0.39 is 5.60 Å². The van der Waals surface area contributed by atoms with Crippen molar-refractivity contribution in [3.8, 4) is 0 Å². The van der Waals surface area contributed by atoms with Gasteiger partial charge in [-0.2, -0.15) is 0 Å². The standard InChI is InChI=1S/C20H33NO3/c1-4-23-16-18-7-5-6-17(14-18)15-21-11-8-19(9-12-21)24-13-10-20(2,3)22/h5-7,14,19,22H,4,8-13,15-16H2,1-3H3. The lowest BCUT2D eigenvalue weighted by Crippen LogP contribution is -2.37. The van der Waals surface area contributed by atoms with Gasteiger partial charge in [0.25, 0.3) is 0 Å².